The van der Waals surface area contributed by atoms with E-state index in [0.29, 0.717) is 17.7 Å². The quantitative estimate of drug-likeness (QED) is 0.889. The summed E-state index contributed by atoms with van der Waals surface area (Å²) in [4.78, 5) is 11.4. The number of carboxylic acid groups (broad SMARTS) is 1. The van der Waals surface area contributed by atoms with E-state index in [-0.39, 0.29) is 13.2 Å². The Labute approximate surface area is 111 Å². The highest BCUT2D eigenvalue weighted by molar-refractivity contribution is 5.73. The zero-order chi connectivity index (χ0) is 14.0. The maximum Gasteiger partial charge on any atom is 0.307 e. The van der Waals surface area contributed by atoms with Gasteiger partial charge in [0, 0.05) is 5.56 Å². The van der Waals surface area contributed by atoms with Crippen LogP contribution in [0.15, 0.2) is 18.2 Å². The van der Waals surface area contributed by atoms with E-state index in [1.165, 1.54) is 25.3 Å². The van der Waals surface area contributed by atoms with Crippen LogP contribution in [0, 0.1) is 11.7 Å². The average Bonchev–Trinajstić information content (AvgIpc) is 2.33. The third kappa shape index (κ3) is 2.18. The minimum absolute atomic E-state index is 0.275. The summed E-state index contributed by atoms with van der Waals surface area (Å²) in [7, 11) is 1.49. The Morgan fingerprint density at radius 2 is 2.26 bits per heavy atom. The maximum atomic E-state index is 13.5. The second-order valence-electron chi connectivity index (χ2n) is 4.79. The average molecular weight is 268 g/mol. The third-order valence-corrected chi connectivity index (χ3v) is 3.79. The molecule has 1 saturated heterocycles. The molecule has 0 radical (unpaired) electrons. The van der Waals surface area contributed by atoms with Crippen molar-refractivity contribution in [3.8, 4) is 5.75 Å². The molecule has 0 spiro atoms. The van der Waals surface area contributed by atoms with Gasteiger partial charge < -0.3 is 14.6 Å². The smallest absolute Gasteiger partial charge is 0.307 e. The predicted molar refractivity (Wildman–Crippen MR) is 66.9 cm³/mol. The zero-order valence-electron chi connectivity index (χ0n) is 11.0. The van der Waals surface area contributed by atoms with Gasteiger partial charge in [0.05, 0.1) is 31.7 Å². The molecule has 1 aromatic carbocycles. The van der Waals surface area contributed by atoms with Gasteiger partial charge >= 0.3 is 5.97 Å². The minimum Gasteiger partial charge on any atom is -0.496 e. The van der Waals surface area contributed by atoms with Gasteiger partial charge in [-0.15, -0.1) is 0 Å². The first-order valence-corrected chi connectivity index (χ1v) is 6.19. The molecule has 1 heterocycles. The highest BCUT2D eigenvalue weighted by Crippen LogP contribution is 2.45. The molecular formula is C14H17FO4. The highest BCUT2D eigenvalue weighted by atomic mass is 19.1. The van der Waals surface area contributed by atoms with E-state index in [0.717, 1.165) is 0 Å². The van der Waals surface area contributed by atoms with Crippen molar-refractivity contribution >= 4 is 5.97 Å². The van der Waals surface area contributed by atoms with Gasteiger partial charge in [-0.2, -0.15) is 0 Å². The van der Waals surface area contributed by atoms with E-state index < -0.39 is 23.1 Å². The Balaban J connectivity index is 2.52. The van der Waals surface area contributed by atoms with E-state index in [1.807, 2.05) is 6.92 Å². The fraction of sp³-hybridized carbons (Fsp3) is 0.500. The maximum absolute atomic E-state index is 13.5. The molecule has 2 rings (SSSR count). The van der Waals surface area contributed by atoms with Crippen molar-refractivity contribution in [3.05, 3.63) is 29.6 Å². The zero-order valence-corrected chi connectivity index (χ0v) is 11.0. The molecule has 19 heavy (non-hydrogen) atoms. The van der Waals surface area contributed by atoms with Gasteiger partial charge in [0.15, 0.2) is 0 Å². The van der Waals surface area contributed by atoms with Crippen molar-refractivity contribution in [1.82, 2.24) is 0 Å². The Hall–Kier alpha value is -1.62. The van der Waals surface area contributed by atoms with Crippen LogP contribution >= 0.6 is 0 Å². The summed E-state index contributed by atoms with van der Waals surface area (Å²) >= 11 is 0. The first kappa shape index (κ1) is 13.8. The number of ether oxygens (including phenoxy) is 2. The third-order valence-electron chi connectivity index (χ3n) is 3.79. The molecule has 1 N–H and O–H groups in total. The van der Waals surface area contributed by atoms with Gasteiger partial charge in [0.1, 0.15) is 11.6 Å². The van der Waals surface area contributed by atoms with Crippen molar-refractivity contribution in [2.45, 2.75) is 18.8 Å². The summed E-state index contributed by atoms with van der Waals surface area (Å²) in [5.41, 5.74) is -0.121. The molecule has 5 heteroatoms. The summed E-state index contributed by atoms with van der Waals surface area (Å²) in [6, 6.07) is 4.18. The van der Waals surface area contributed by atoms with E-state index >= 15 is 0 Å². The molecule has 0 bridgehead atoms. The van der Waals surface area contributed by atoms with E-state index in [1.54, 1.807) is 0 Å². The van der Waals surface area contributed by atoms with E-state index in [2.05, 4.69) is 0 Å². The molecule has 0 aromatic heterocycles. The number of benzene rings is 1. The van der Waals surface area contributed by atoms with Crippen LogP contribution in [0.25, 0.3) is 0 Å². The van der Waals surface area contributed by atoms with E-state index in [9.17, 15) is 14.3 Å². The summed E-state index contributed by atoms with van der Waals surface area (Å²) in [6.07, 6.45) is 0.457. The summed E-state index contributed by atoms with van der Waals surface area (Å²) < 4.78 is 24.0. The van der Waals surface area contributed by atoms with Crippen LogP contribution in [0.4, 0.5) is 4.39 Å². The van der Waals surface area contributed by atoms with Gasteiger partial charge in [0.25, 0.3) is 0 Å². The van der Waals surface area contributed by atoms with Crippen molar-refractivity contribution in [1.29, 1.82) is 0 Å². The van der Waals surface area contributed by atoms with Gasteiger partial charge in [-0.05, 0) is 24.6 Å². The van der Waals surface area contributed by atoms with Gasteiger partial charge in [-0.25, -0.2) is 4.39 Å². The van der Waals surface area contributed by atoms with Crippen molar-refractivity contribution in [2.75, 3.05) is 20.3 Å². The molecule has 1 aliphatic rings. The fourth-order valence-electron chi connectivity index (χ4n) is 2.74. The molecule has 1 fully saturated rings. The molecular weight excluding hydrogens is 251 g/mol. The van der Waals surface area contributed by atoms with Crippen LogP contribution in [0.5, 0.6) is 5.75 Å². The van der Waals surface area contributed by atoms with Gasteiger partial charge in [0.2, 0.25) is 0 Å². The van der Waals surface area contributed by atoms with Crippen LogP contribution in [-0.2, 0) is 14.9 Å². The summed E-state index contributed by atoms with van der Waals surface area (Å²) in [5, 5.41) is 9.38. The molecule has 0 aliphatic carbocycles. The van der Waals surface area contributed by atoms with Crippen molar-refractivity contribution in [3.63, 3.8) is 0 Å². The first-order valence-electron chi connectivity index (χ1n) is 6.19. The Bertz CT molecular complexity index is 482. The molecule has 1 unspecified atom stereocenters. The lowest BCUT2D eigenvalue weighted by Crippen LogP contribution is -2.54. The summed E-state index contributed by atoms with van der Waals surface area (Å²) in [5.74, 6) is -1.40. The molecule has 0 saturated carbocycles. The van der Waals surface area contributed by atoms with E-state index in [4.69, 9.17) is 9.47 Å². The number of carboxylic acids is 1. The SMILES string of the molecule is CCC(C(=O)O)C1(c2cc(F)ccc2OC)COC1. The molecule has 1 aliphatic heterocycles. The van der Waals surface area contributed by atoms with Crippen LogP contribution in [0.3, 0.4) is 0 Å². The Morgan fingerprint density at radius 1 is 1.58 bits per heavy atom. The van der Waals surface area contributed by atoms with Crippen molar-refractivity contribution < 1.29 is 23.8 Å². The lowest BCUT2D eigenvalue weighted by Gasteiger charge is -2.46. The first-order chi connectivity index (χ1) is 9.05. The Kier molecular flexibility index (Phi) is 3.75. The number of hydrogen-bond donors (Lipinski definition) is 1. The van der Waals surface area contributed by atoms with Gasteiger partial charge in [-0.3, -0.25) is 4.79 Å². The fourth-order valence-corrected chi connectivity index (χ4v) is 2.74. The lowest BCUT2D eigenvalue weighted by atomic mass is 9.67. The number of carbonyl (C=O) groups is 1. The number of methoxy groups -OCH3 is 1. The topological polar surface area (TPSA) is 55.8 Å². The van der Waals surface area contributed by atoms with Crippen LogP contribution in [0.2, 0.25) is 0 Å². The molecule has 0 amide bonds. The predicted octanol–water partition coefficient (Wildman–Crippen LogP) is 2.21. The standard InChI is InChI=1S/C14H17FO4/c1-3-10(13(16)17)14(7-19-8-14)11-6-9(15)4-5-12(11)18-2/h4-6,10H,3,7-8H2,1-2H3,(H,16,17). The normalized spacial score (nSPS) is 18.5. The minimum atomic E-state index is -0.892. The monoisotopic (exact) mass is 268 g/mol. The van der Waals surface area contributed by atoms with Crippen LogP contribution in [-0.4, -0.2) is 31.4 Å². The number of aliphatic carboxylic acids is 1. The molecule has 104 valence electrons. The van der Waals surface area contributed by atoms with Crippen LogP contribution < -0.4 is 4.74 Å². The van der Waals surface area contributed by atoms with Crippen molar-refractivity contribution in [2.24, 2.45) is 5.92 Å². The largest absolute Gasteiger partial charge is 0.496 e. The number of hydrogen-bond acceptors (Lipinski definition) is 3. The lowest BCUT2D eigenvalue weighted by molar-refractivity contribution is -0.157. The number of rotatable bonds is 5. The van der Waals surface area contributed by atoms with Crippen LogP contribution in [0.1, 0.15) is 18.9 Å². The highest BCUT2D eigenvalue weighted by Gasteiger charge is 2.51. The van der Waals surface area contributed by atoms with Gasteiger partial charge in [-0.1, -0.05) is 6.92 Å². The molecule has 1 atom stereocenters. The second kappa shape index (κ2) is 5.17. The summed E-state index contributed by atoms with van der Waals surface area (Å²) in [6.45, 7) is 2.36. The Morgan fingerprint density at radius 3 is 2.68 bits per heavy atom. The number of halogens is 1. The second-order valence-corrected chi connectivity index (χ2v) is 4.79. The molecule has 1 aromatic rings. The molecule has 4 nitrogen and oxygen atoms in total.